The molecule has 0 unspecified atom stereocenters. The van der Waals surface area contributed by atoms with Crippen molar-refractivity contribution in [3.8, 4) is 11.3 Å². The van der Waals surface area contributed by atoms with Gasteiger partial charge in [-0.2, -0.15) is 13.2 Å². The molecule has 0 radical (unpaired) electrons. The highest BCUT2D eigenvalue weighted by Crippen LogP contribution is 2.26. The van der Waals surface area contributed by atoms with Gasteiger partial charge in [0.25, 0.3) is 0 Å². The van der Waals surface area contributed by atoms with E-state index in [9.17, 15) is 27.2 Å². The van der Waals surface area contributed by atoms with Crippen LogP contribution in [0.3, 0.4) is 0 Å². The lowest BCUT2D eigenvalue weighted by Crippen LogP contribution is -2.45. The molecule has 29 heavy (non-hydrogen) atoms. The van der Waals surface area contributed by atoms with Gasteiger partial charge in [-0.1, -0.05) is 0 Å². The second-order valence-corrected chi connectivity index (χ2v) is 6.19. The number of carbonyl (C=O) groups is 2. The standard InChI is InChI=1S/C16H14F4N6O3/c17-9-1-12(26(6-9)15(28)29)13(27)21-5-10-2-11(25-7-24-10)8-3-22-14(23-4-8)16(18,19)20/h2-4,7,9,12H,1,5-6H2,(H,21,27)(H,28,29)/t9-,12+/m1/s1. The van der Waals surface area contributed by atoms with Gasteiger partial charge in [0, 0.05) is 24.4 Å². The zero-order valence-electron chi connectivity index (χ0n) is 14.6. The first kappa shape index (κ1) is 20.4. The molecule has 1 saturated heterocycles. The van der Waals surface area contributed by atoms with Gasteiger partial charge >= 0.3 is 12.3 Å². The first-order valence-electron chi connectivity index (χ1n) is 8.27. The number of likely N-dealkylation sites (tertiary alicyclic amines) is 1. The van der Waals surface area contributed by atoms with Gasteiger partial charge in [0.05, 0.1) is 24.5 Å². The number of halogens is 4. The van der Waals surface area contributed by atoms with Gasteiger partial charge in [0.2, 0.25) is 11.7 Å². The largest absolute Gasteiger partial charge is 0.465 e. The third kappa shape index (κ3) is 4.73. The molecule has 2 aromatic heterocycles. The fourth-order valence-corrected chi connectivity index (χ4v) is 2.80. The molecule has 3 rings (SSSR count). The third-order valence-corrected chi connectivity index (χ3v) is 4.17. The van der Waals surface area contributed by atoms with Gasteiger partial charge in [-0.3, -0.25) is 9.69 Å². The van der Waals surface area contributed by atoms with E-state index in [1.165, 1.54) is 6.07 Å². The van der Waals surface area contributed by atoms with Crippen LogP contribution in [0.2, 0.25) is 0 Å². The second-order valence-electron chi connectivity index (χ2n) is 6.19. The van der Waals surface area contributed by atoms with Crippen LogP contribution >= 0.6 is 0 Å². The van der Waals surface area contributed by atoms with E-state index >= 15 is 0 Å². The van der Waals surface area contributed by atoms with Crippen molar-refractivity contribution in [3.63, 3.8) is 0 Å². The molecule has 2 N–H and O–H groups in total. The van der Waals surface area contributed by atoms with Crippen molar-refractivity contribution in [1.29, 1.82) is 0 Å². The van der Waals surface area contributed by atoms with Gasteiger partial charge in [-0.25, -0.2) is 29.1 Å². The van der Waals surface area contributed by atoms with Crippen molar-refractivity contribution in [2.75, 3.05) is 6.54 Å². The summed E-state index contributed by atoms with van der Waals surface area (Å²) < 4.78 is 51.1. The van der Waals surface area contributed by atoms with E-state index in [2.05, 4.69) is 25.3 Å². The average Bonchev–Trinajstić information content (AvgIpc) is 3.08. The Morgan fingerprint density at radius 1 is 1.21 bits per heavy atom. The number of nitrogens with one attached hydrogen (secondary N) is 1. The van der Waals surface area contributed by atoms with Crippen LogP contribution in [0, 0.1) is 0 Å². The van der Waals surface area contributed by atoms with E-state index in [-0.39, 0.29) is 30.8 Å². The van der Waals surface area contributed by atoms with Crippen molar-refractivity contribution in [2.24, 2.45) is 0 Å². The van der Waals surface area contributed by atoms with Crippen molar-refractivity contribution in [3.05, 3.63) is 36.3 Å². The van der Waals surface area contributed by atoms with E-state index in [0.29, 0.717) is 5.69 Å². The molecule has 154 valence electrons. The smallest absolute Gasteiger partial charge is 0.451 e. The summed E-state index contributed by atoms with van der Waals surface area (Å²) in [5.41, 5.74) is 0.746. The highest BCUT2D eigenvalue weighted by molar-refractivity contribution is 5.86. The number of carbonyl (C=O) groups excluding carboxylic acids is 1. The molecular weight excluding hydrogens is 400 g/mol. The number of hydrogen-bond donors (Lipinski definition) is 2. The minimum absolute atomic E-state index is 0.114. The van der Waals surface area contributed by atoms with Crippen LogP contribution in [0.4, 0.5) is 22.4 Å². The number of alkyl halides is 4. The van der Waals surface area contributed by atoms with E-state index in [4.69, 9.17) is 5.11 Å². The molecule has 9 nitrogen and oxygen atoms in total. The van der Waals surface area contributed by atoms with Crippen LogP contribution in [-0.2, 0) is 17.5 Å². The van der Waals surface area contributed by atoms with Crippen molar-refractivity contribution < 1.29 is 32.3 Å². The van der Waals surface area contributed by atoms with Gasteiger partial charge in [-0.05, 0) is 6.07 Å². The molecule has 3 heterocycles. The Labute approximate surface area is 160 Å². The predicted octanol–water partition coefficient (Wildman–Crippen LogP) is 1.66. The molecule has 2 atom stereocenters. The maximum Gasteiger partial charge on any atom is 0.451 e. The Hall–Kier alpha value is -3.38. The summed E-state index contributed by atoms with van der Waals surface area (Å²) in [6.45, 7) is -0.490. The second kappa shape index (κ2) is 7.93. The van der Waals surface area contributed by atoms with Gasteiger partial charge in [0.1, 0.15) is 18.5 Å². The Bertz CT molecular complexity index is 908. The van der Waals surface area contributed by atoms with Gasteiger partial charge in [-0.15, -0.1) is 0 Å². The normalized spacial score (nSPS) is 19.2. The molecule has 1 fully saturated rings. The summed E-state index contributed by atoms with van der Waals surface area (Å²) in [6.07, 6.45) is -4.65. The maximum atomic E-state index is 13.5. The number of rotatable bonds is 4. The highest BCUT2D eigenvalue weighted by atomic mass is 19.4. The summed E-state index contributed by atoms with van der Waals surface area (Å²) in [7, 11) is 0. The Morgan fingerprint density at radius 2 is 1.90 bits per heavy atom. The molecule has 1 aliphatic heterocycles. The van der Waals surface area contributed by atoms with Crippen LogP contribution in [0.25, 0.3) is 11.3 Å². The summed E-state index contributed by atoms with van der Waals surface area (Å²) in [6, 6.07) is 0.264. The minimum Gasteiger partial charge on any atom is -0.465 e. The molecule has 0 aromatic carbocycles. The Kier molecular flexibility index (Phi) is 5.57. The number of carboxylic acid groups (broad SMARTS) is 1. The summed E-state index contributed by atoms with van der Waals surface area (Å²) >= 11 is 0. The van der Waals surface area contributed by atoms with Gasteiger partial charge in [0.15, 0.2) is 0 Å². The molecule has 2 aromatic rings. The molecule has 2 amide bonds. The number of nitrogens with zero attached hydrogens (tertiary/aromatic N) is 5. The molecule has 0 aliphatic carbocycles. The predicted molar refractivity (Wildman–Crippen MR) is 87.9 cm³/mol. The van der Waals surface area contributed by atoms with E-state index in [1.807, 2.05) is 0 Å². The van der Waals surface area contributed by atoms with E-state index < -0.39 is 36.2 Å². The molecule has 1 aliphatic rings. The third-order valence-electron chi connectivity index (χ3n) is 4.17. The van der Waals surface area contributed by atoms with Gasteiger partial charge < -0.3 is 10.4 Å². The van der Waals surface area contributed by atoms with Crippen molar-refractivity contribution >= 4 is 12.0 Å². The van der Waals surface area contributed by atoms with Crippen molar-refractivity contribution in [2.45, 2.75) is 31.4 Å². The lowest BCUT2D eigenvalue weighted by atomic mass is 10.2. The first-order valence-corrected chi connectivity index (χ1v) is 8.27. The lowest BCUT2D eigenvalue weighted by molar-refractivity contribution is -0.145. The van der Waals surface area contributed by atoms with Crippen LogP contribution in [0.15, 0.2) is 24.8 Å². The summed E-state index contributed by atoms with van der Waals surface area (Å²) in [5.74, 6) is -1.96. The van der Waals surface area contributed by atoms with Crippen molar-refractivity contribution in [1.82, 2.24) is 30.2 Å². The molecular formula is C16H14F4N6O3. The number of amides is 2. The number of hydrogen-bond acceptors (Lipinski definition) is 6. The average molecular weight is 414 g/mol. The summed E-state index contributed by atoms with van der Waals surface area (Å²) in [5, 5.41) is 11.5. The zero-order valence-corrected chi connectivity index (χ0v) is 14.6. The topological polar surface area (TPSA) is 121 Å². The zero-order chi connectivity index (χ0) is 21.2. The first-order chi connectivity index (χ1) is 13.6. The maximum absolute atomic E-state index is 13.5. The molecule has 13 heteroatoms. The number of aromatic nitrogens is 4. The lowest BCUT2D eigenvalue weighted by Gasteiger charge is -2.20. The van der Waals surface area contributed by atoms with Crippen LogP contribution in [0.1, 0.15) is 17.9 Å². The van der Waals surface area contributed by atoms with E-state index in [1.54, 1.807) is 0 Å². The summed E-state index contributed by atoms with van der Waals surface area (Å²) in [4.78, 5) is 38.4. The Morgan fingerprint density at radius 3 is 2.52 bits per heavy atom. The van der Waals surface area contributed by atoms with Crippen LogP contribution < -0.4 is 5.32 Å². The van der Waals surface area contributed by atoms with E-state index in [0.717, 1.165) is 23.6 Å². The fraction of sp³-hybridized carbons (Fsp3) is 0.375. The SMILES string of the molecule is O=C(NCc1cc(-c2cnc(C(F)(F)F)nc2)ncn1)[C@@H]1C[C@@H](F)CN1C(=O)O. The minimum atomic E-state index is -4.66. The molecule has 0 saturated carbocycles. The quantitative estimate of drug-likeness (QED) is 0.730. The molecule has 0 spiro atoms. The molecule has 0 bridgehead atoms. The van der Waals surface area contributed by atoms with Crippen LogP contribution in [-0.4, -0.2) is 60.7 Å². The highest BCUT2D eigenvalue weighted by Gasteiger charge is 2.39. The Balaban J connectivity index is 1.67. The van der Waals surface area contributed by atoms with Crippen LogP contribution in [0.5, 0.6) is 0 Å². The fourth-order valence-electron chi connectivity index (χ4n) is 2.80. The monoisotopic (exact) mass is 414 g/mol.